The van der Waals surface area contributed by atoms with E-state index in [2.05, 4.69) is 15.3 Å². The summed E-state index contributed by atoms with van der Waals surface area (Å²) in [5, 5.41) is 2.88. The normalized spacial score (nSPS) is 15.6. The van der Waals surface area contributed by atoms with Crippen molar-refractivity contribution < 1.29 is 23.5 Å². The maximum absolute atomic E-state index is 12.9. The maximum atomic E-state index is 12.9. The van der Waals surface area contributed by atoms with Crippen LogP contribution in [0.2, 0.25) is 0 Å². The number of carbonyl (C=O) groups excluding carboxylic acids is 2. The number of carbonyl (C=O) groups is 2. The van der Waals surface area contributed by atoms with Gasteiger partial charge in [-0.05, 0) is 31.2 Å². The minimum Gasteiger partial charge on any atom is -0.463 e. The lowest BCUT2D eigenvalue weighted by Gasteiger charge is -2.32. The first-order chi connectivity index (χ1) is 14.0. The first kappa shape index (κ1) is 19.3. The Balaban J connectivity index is 1.58. The molecule has 9 heteroatoms. The Bertz CT molecular complexity index is 995. The highest BCUT2D eigenvalue weighted by Gasteiger charge is 2.32. The van der Waals surface area contributed by atoms with Crippen LogP contribution in [0.5, 0.6) is 0 Å². The number of hydrogen-bond donors (Lipinski definition) is 1. The summed E-state index contributed by atoms with van der Waals surface area (Å²) in [6.45, 7) is 2.97. The highest BCUT2D eigenvalue weighted by molar-refractivity contribution is 7.18. The SMILES string of the molecule is CC1(OC(=O)Nc2nc(-c3ccco3)c(C(=O)c3ccccn3)s2)CCOCC1. The zero-order valence-electron chi connectivity index (χ0n) is 15.7. The van der Waals surface area contributed by atoms with E-state index in [1.807, 2.05) is 6.92 Å². The van der Waals surface area contributed by atoms with Crippen molar-refractivity contribution in [2.24, 2.45) is 0 Å². The molecule has 0 saturated carbocycles. The van der Waals surface area contributed by atoms with E-state index in [0.717, 1.165) is 11.3 Å². The van der Waals surface area contributed by atoms with E-state index in [-0.39, 0.29) is 16.6 Å². The zero-order valence-corrected chi connectivity index (χ0v) is 16.5. The summed E-state index contributed by atoms with van der Waals surface area (Å²) in [7, 11) is 0. The van der Waals surface area contributed by atoms with Gasteiger partial charge in [-0.15, -0.1) is 0 Å². The number of pyridine rings is 1. The van der Waals surface area contributed by atoms with E-state index in [0.29, 0.717) is 42.4 Å². The van der Waals surface area contributed by atoms with Crippen molar-refractivity contribution in [1.82, 2.24) is 9.97 Å². The summed E-state index contributed by atoms with van der Waals surface area (Å²) in [4.78, 5) is 34.2. The van der Waals surface area contributed by atoms with Crippen LogP contribution in [0.25, 0.3) is 11.5 Å². The largest absolute Gasteiger partial charge is 0.463 e. The summed E-state index contributed by atoms with van der Waals surface area (Å²) >= 11 is 1.05. The first-order valence-electron chi connectivity index (χ1n) is 9.12. The fraction of sp³-hybridized carbons (Fsp3) is 0.300. The van der Waals surface area contributed by atoms with E-state index in [1.165, 1.54) is 6.26 Å². The molecule has 29 heavy (non-hydrogen) atoms. The number of thiazole rings is 1. The van der Waals surface area contributed by atoms with Crippen molar-refractivity contribution >= 4 is 28.3 Å². The van der Waals surface area contributed by atoms with Crippen LogP contribution >= 0.6 is 11.3 Å². The molecule has 1 saturated heterocycles. The van der Waals surface area contributed by atoms with Crippen LogP contribution in [0, 0.1) is 0 Å². The summed E-state index contributed by atoms with van der Waals surface area (Å²) < 4.78 is 16.3. The molecule has 0 radical (unpaired) electrons. The van der Waals surface area contributed by atoms with Gasteiger partial charge in [0.15, 0.2) is 10.9 Å². The van der Waals surface area contributed by atoms with Gasteiger partial charge in [0, 0.05) is 19.0 Å². The number of furan rings is 1. The molecule has 1 N–H and O–H groups in total. The molecule has 1 aliphatic heterocycles. The molecule has 0 atom stereocenters. The van der Waals surface area contributed by atoms with Crippen molar-refractivity contribution in [3.8, 4) is 11.5 Å². The van der Waals surface area contributed by atoms with Crippen LogP contribution in [0.1, 0.15) is 35.1 Å². The van der Waals surface area contributed by atoms with Crippen molar-refractivity contribution in [3.63, 3.8) is 0 Å². The van der Waals surface area contributed by atoms with Crippen molar-refractivity contribution in [3.05, 3.63) is 53.4 Å². The second-order valence-electron chi connectivity index (χ2n) is 6.79. The Morgan fingerprint density at radius 1 is 1.21 bits per heavy atom. The molecule has 150 valence electrons. The topological polar surface area (TPSA) is 104 Å². The summed E-state index contributed by atoms with van der Waals surface area (Å²) in [6.07, 6.45) is 3.67. The fourth-order valence-corrected chi connectivity index (χ4v) is 3.87. The summed E-state index contributed by atoms with van der Waals surface area (Å²) in [5.41, 5.74) is 0.0480. The van der Waals surface area contributed by atoms with E-state index >= 15 is 0 Å². The summed E-state index contributed by atoms with van der Waals surface area (Å²) in [6, 6.07) is 8.50. The molecular weight excluding hydrogens is 394 g/mol. The van der Waals surface area contributed by atoms with Gasteiger partial charge in [0.05, 0.1) is 19.5 Å². The number of hydrogen-bond acceptors (Lipinski definition) is 8. The van der Waals surface area contributed by atoms with E-state index < -0.39 is 11.7 Å². The van der Waals surface area contributed by atoms with Crippen molar-refractivity contribution in [2.75, 3.05) is 18.5 Å². The molecule has 0 aromatic carbocycles. The van der Waals surface area contributed by atoms with E-state index in [9.17, 15) is 9.59 Å². The van der Waals surface area contributed by atoms with Crippen LogP contribution in [-0.4, -0.2) is 40.7 Å². The maximum Gasteiger partial charge on any atom is 0.413 e. The van der Waals surface area contributed by atoms with Crippen molar-refractivity contribution in [2.45, 2.75) is 25.4 Å². The first-order valence-corrected chi connectivity index (χ1v) is 9.94. The molecule has 0 bridgehead atoms. The molecule has 0 spiro atoms. The molecule has 0 unspecified atom stereocenters. The molecule has 4 heterocycles. The summed E-state index contributed by atoms with van der Waals surface area (Å²) in [5.74, 6) is 0.130. The smallest absolute Gasteiger partial charge is 0.413 e. The number of anilines is 1. The van der Waals surface area contributed by atoms with Gasteiger partial charge >= 0.3 is 6.09 Å². The van der Waals surface area contributed by atoms with Crippen LogP contribution < -0.4 is 5.32 Å². The van der Waals surface area contributed by atoms with Gasteiger partial charge in [0.1, 0.15) is 21.9 Å². The molecule has 3 aromatic heterocycles. The number of ketones is 1. The predicted molar refractivity (Wildman–Crippen MR) is 106 cm³/mol. The monoisotopic (exact) mass is 413 g/mol. The van der Waals surface area contributed by atoms with Crippen LogP contribution in [0.4, 0.5) is 9.93 Å². The van der Waals surface area contributed by atoms with Gasteiger partial charge in [-0.25, -0.2) is 9.78 Å². The number of nitrogens with one attached hydrogen (secondary N) is 1. The minimum atomic E-state index is -0.619. The highest BCUT2D eigenvalue weighted by atomic mass is 32.1. The van der Waals surface area contributed by atoms with Gasteiger partial charge in [0.2, 0.25) is 5.78 Å². The Hall–Kier alpha value is -3.04. The third-order valence-electron chi connectivity index (χ3n) is 4.58. The second kappa shape index (κ2) is 8.14. The predicted octanol–water partition coefficient (Wildman–Crippen LogP) is 4.15. The van der Waals surface area contributed by atoms with Gasteiger partial charge < -0.3 is 13.9 Å². The molecule has 4 rings (SSSR count). The molecule has 1 aliphatic rings. The van der Waals surface area contributed by atoms with Gasteiger partial charge in [0.25, 0.3) is 0 Å². The lowest BCUT2D eigenvalue weighted by Crippen LogP contribution is -2.39. The Morgan fingerprint density at radius 3 is 2.72 bits per heavy atom. The minimum absolute atomic E-state index is 0.247. The van der Waals surface area contributed by atoms with Crippen LogP contribution in [0.3, 0.4) is 0 Å². The van der Waals surface area contributed by atoms with E-state index in [4.69, 9.17) is 13.9 Å². The van der Waals surface area contributed by atoms with Gasteiger partial charge in [-0.1, -0.05) is 17.4 Å². The zero-order chi connectivity index (χ0) is 20.3. The highest BCUT2D eigenvalue weighted by Crippen LogP contribution is 2.33. The quantitative estimate of drug-likeness (QED) is 0.627. The number of rotatable bonds is 5. The number of ether oxygens (including phenoxy) is 2. The molecule has 0 aliphatic carbocycles. The average molecular weight is 413 g/mol. The Kier molecular flexibility index (Phi) is 5.41. The lowest BCUT2D eigenvalue weighted by atomic mass is 9.97. The Labute approximate surface area is 170 Å². The second-order valence-corrected chi connectivity index (χ2v) is 7.79. The molecule has 8 nitrogen and oxygen atoms in total. The lowest BCUT2D eigenvalue weighted by molar-refractivity contribution is -0.0552. The molecule has 3 aromatic rings. The third kappa shape index (κ3) is 4.36. The van der Waals surface area contributed by atoms with E-state index in [1.54, 1.807) is 36.5 Å². The molecule has 1 amide bonds. The molecular formula is C20H19N3O5S. The number of amides is 1. The van der Waals surface area contributed by atoms with Gasteiger partial charge in [-0.2, -0.15) is 0 Å². The molecule has 1 fully saturated rings. The average Bonchev–Trinajstić information content (AvgIpc) is 3.38. The fourth-order valence-electron chi connectivity index (χ4n) is 2.96. The third-order valence-corrected chi connectivity index (χ3v) is 5.55. The van der Waals surface area contributed by atoms with Crippen LogP contribution in [-0.2, 0) is 9.47 Å². The number of nitrogens with zero attached hydrogens (tertiary/aromatic N) is 2. The van der Waals surface area contributed by atoms with Crippen LogP contribution in [0.15, 0.2) is 47.2 Å². The Morgan fingerprint density at radius 2 is 2.03 bits per heavy atom. The number of aromatic nitrogens is 2. The van der Waals surface area contributed by atoms with Crippen molar-refractivity contribution in [1.29, 1.82) is 0 Å². The standard InChI is InChI=1S/C20H19N3O5S/c1-20(7-11-26-12-8-20)28-19(25)23-18-22-15(14-6-4-10-27-14)17(29-18)16(24)13-5-2-3-9-21-13/h2-6,9-10H,7-8,11-12H2,1H3,(H,22,23,25). The van der Waals surface area contributed by atoms with Gasteiger partial charge in [-0.3, -0.25) is 15.1 Å².